The summed E-state index contributed by atoms with van der Waals surface area (Å²) in [6.07, 6.45) is -0.0789. The summed E-state index contributed by atoms with van der Waals surface area (Å²) < 4.78 is 25.7. The van der Waals surface area contributed by atoms with E-state index in [2.05, 4.69) is 0 Å². The molecule has 1 saturated heterocycles. The van der Waals surface area contributed by atoms with Crippen molar-refractivity contribution in [3.05, 3.63) is 70.0 Å². The number of carbonyl (C=O) groups excluding carboxylic acids is 2. The number of ketones is 1. The van der Waals surface area contributed by atoms with Crippen LogP contribution in [0.2, 0.25) is 5.02 Å². The zero-order valence-corrected chi connectivity index (χ0v) is 18.9. The number of hydrogen-bond donors (Lipinski definition) is 1. The number of amides is 1. The third-order valence-electron chi connectivity index (χ3n) is 5.03. The van der Waals surface area contributed by atoms with Crippen molar-refractivity contribution in [2.24, 2.45) is 0 Å². The smallest absolute Gasteiger partial charge is 0.295 e. The largest absolute Gasteiger partial charge is 0.507 e. The summed E-state index contributed by atoms with van der Waals surface area (Å²) in [4.78, 5) is 27.1. The molecule has 0 aromatic heterocycles. The van der Waals surface area contributed by atoms with Gasteiger partial charge in [-0.25, -0.2) is 4.39 Å². The number of halogens is 2. The van der Waals surface area contributed by atoms with E-state index in [1.165, 1.54) is 41.3 Å². The van der Waals surface area contributed by atoms with Gasteiger partial charge in [0.25, 0.3) is 11.7 Å². The van der Waals surface area contributed by atoms with E-state index in [-0.39, 0.29) is 36.0 Å². The first-order chi connectivity index (χ1) is 15.3. The van der Waals surface area contributed by atoms with Crippen molar-refractivity contribution in [2.75, 3.05) is 19.8 Å². The van der Waals surface area contributed by atoms with Crippen molar-refractivity contribution >= 4 is 29.1 Å². The van der Waals surface area contributed by atoms with Crippen LogP contribution in [-0.4, -0.2) is 47.6 Å². The lowest BCUT2D eigenvalue weighted by atomic mass is 9.95. The molecule has 0 aliphatic carbocycles. The van der Waals surface area contributed by atoms with Gasteiger partial charge in [0.1, 0.15) is 17.3 Å². The number of aliphatic hydroxyl groups is 1. The molecule has 6 nitrogen and oxygen atoms in total. The third-order valence-corrected chi connectivity index (χ3v) is 5.34. The summed E-state index contributed by atoms with van der Waals surface area (Å²) in [5.41, 5.74) is 0.141. The van der Waals surface area contributed by atoms with Crippen molar-refractivity contribution in [2.45, 2.75) is 32.9 Å². The highest BCUT2D eigenvalue weighted by atomic mass is 35.5. The molecule has 3 rings (SSSR count). The first-order valence-corrected chi connectivity index (χ1v) is 10.7. The fourth-order valence-corrected chi connectivity index (χ4v) is 3.76. The first-order valence-electron chi connectivity index (χ1n) is 10.3. The summed E-state index contributed by atoms with van der Waals surface area (Å²) in [7, 11) is 0. The molecule has 0 spiro atoms. The van der Waals surface area contributed by atoms with Crippen LogP contribution in [-0.2, 0) is 14.3 Å². The molecular formula is C24H25ClFNO5. The van der Waals surface area contributed by atoms with E-state index in [0.29, 0.717) is 17.4 Å². The van der Waals surface area contributed by atoms with Crippen LogP contribution in [0, 0.1) is 5.82 Å². The van der Waals surface area contributed by atoms with Gasteiger partial charge in [-0.3, -0.25) is 9.59 Å². The molecular weight excluding hydrogens is 437 g/mol. The fraction of sp³-hybridized carbons (Fsp3) is 0.333. The Bertz CT molecular complexity index is 1050. The van der Waals surface area contributed by atoms with Gasteiger partial charge in [0.2, 0.25) is 0 Å². The second kappa shape index (κ2) is 10.1. The minimum absolute atomic E-state index is 0.0589. The van der Waals surface area contributed by atoms with Crippen molar-refractivity contribution < 1.29 is 28.6 Å². The summed E-state index contributed by atoms with van der Waals surface area (Å²) >= 11 is 6.13. The van der Waals surface area contributed by atoms with Gasteiger partial charge in [0, 0.05) is 17.7 Å². The van der Waals surface area contributed by atoms with Crippen LogP contribution in [0.3, 0.4) is 0 Å². The zero-order valence-electron chi connectivity index (χ0n) is 18.1. The molecule has 32 heavy (non-hydrogen) atoms. The quantitative estimate of drug-likeness (QED) is 0.349. The molecule has 1 aliphatic heterocycles. The predicted octanol–water partition coefficient (Wildman–Crippen LogP) is 4.72. The lowest BCUT2D eigenvalue weighted by molar-refractivity contribution is -0.140. The van der Waals surface area contributed by atoms with Crippen molar-refractivity contribution in [1.82, 2.24) is 4.90 Å². The first kappa shape index (κ1) is 23.8. The van der Waals surface area contributed by atoms with Crippen LogP contribution in [0.4, 0.5) is 4.39 Å². The van der Waals surface area contributed by atoms with Crippen molar-refractivity contribution in [3.63, 3.8) is 0 Å². The van der Waals surface area contributed by atoms with Gasteiger partial charge in [0.15, 0.2) is 0 Å². The molecule has 0 saturated carbocycles. The second-order valence-electron chi connectivity index (χ2n) is 7.51. The van der Waals surface area contributed by atoms with E-state index >= 15 is 0 Å². The number of rotatable bonds is 8. The Morgan fingerprint density at radius 3 is 2.59 bits per heavy atom. The average molecular weight is 462 g/mol. The fourth-order valence-electron chi connectivity index (χ4n) is 3.59. The summed E-state index contributed by atoms with van der Waals surface area (Å²) in [5.74, 6) is -2.42. The summed E-state index contributed by atoms with van der Waals surface area (Å²) in [6.45, 7) is 6.04. The monoisotopic (exact) mass is 461 g/mol. The maximum Gasteiger partial charge on any atom is 0.295 e. The molecule has 0 bridgehead atoms. The van der Waals surface area contributed by atoms with Crippen LogP contribution in [0.5, 0.6) is 5.75 Å². The molecule has 170 valence electrons. The standard InChI is InChI=1S/C24H25ClFNO5/c1-4-31-19-13-15(9-10-17(19)25)22(28)20-21(16-7-5-6-8-18(16)26)27(24(30)23(20)29)11-12-32-14(2)3/h5-10,13-14,21,28H,4,11-12H2,1-3H3/b22-20+. The van der Waals surface area contributed by atoms with E-state index in [1.54, 1.807) is 13.0 Å². The molecule has 8 heteroatoms. The van der Waals surface area contributed by atoms with Crippen molar-refractivity contribution in [3.8, 4) is 5.75 Å². The average Bonchev–Trinajstić information content (AvgIpc) is 3.00. The minimum atomic E-state index is -1.10. The van der Waals surface area contributed by atoms with Crippen LogP contribution in [0.25, 0.3) is 5.76 Å². The molecule has 1 unspecified atom stereocenters. The number of ether oxygens (including phenoxy) is 2. The van der Waals surface area contributed by atoms with Gasteiger partial charge in [-0.1, -0.05) is 29.8 Å². The van der Waals surface area contributed by atoms with Gasteiger partial charge in [0.05, 0.1) is 36.0 Å². The van der Waals surface area contributed by atoms with Crippen LogP contribution in [0.15, 0.2) is 48.0 Å². The SMILES string of the molecule is CCOc1cc(/C(O)=C2\C(=O)C(=O)N(CCOC(C)C)C2c2ccccc2F)ccc1Cl. The highest BCUT2D eigenvalue weighted by Gasteiger charge is 2.46. The van der Waals surface area contributed by atoms with Crippen molar-refractivity contribution in [1.29, 1.82) is 0 Å². The topological polar surface area (TPSA) is 76.1 Å². The van der Waals surface area contributed by atoms with Crippen LogP contribution >= 0.6 is 11.6 Å². The third kappa shape index (κ3) is 4.79. The molecule has 1 amide bonds. The predicted molar refractivity (Wildman–Crippen MR) is 119 cm³/mol. The minimum Gasteiger partial charge on any atom is -0.507 e. The van der Waals surface area contributed by atoms with E-state index < -0.39 is 29.3 Å². The summed E-state index contributed by atoms with van der Waals surface area (Å²) in [5, 5.41) is 11.4. The Morgan fingerprint density at radius 2 is 1.94 bits per heavy atom. The number of aliphatic hydroxyl groups excluding tert-OH is 1. The number of carbonyl (C=O) groups is 2. The second-order valence-corrected chi connectivity index (χ2v) is 7.92. The van der Waals surface area contributed by atoms with Gasteiger partial charge in [-0.15, -0.1) is 0 Å². The summed E-state index contributed by atoms with van der Waals surface area (Å²) in [6, 6.07) is 9.27. The highest BCUT2D eigenvalue weighted by Crippen LogP contribution is 2.41. The molecule has 1 atom stereocenters. The van der Waals surface area contributed by atoms with E-state index in [4.69, 9.17) is 21.1 Å². The number of Topliss-reactive ketones (excluding diaryl/α,β-unsaturated/α-hetero) is 1. The lowest BCUT2D eigenvalue weighted by Gasteiger charge is -2.26. The molecule has 0 radical (unpaired) electrons. The molecule has 1 fully saturated rings. The maximum atomic E-state index is 14.8. The van der Waals surface area contributed by atoms with Gasteiger partial charge >= 0.3 is 0 Å². The number of nitrogens with zero attached hydrogens (tertiary/aromatic N) is 1. The number of hydrogen-bond acceptors (Lipinski definition) is 5. The van der Waals surface area contributed by atoms with Gasteiger partial charge < -0.3 is 19.5 Å². The van der Waals surface area contributed by atoms with E-state index in [9.17, 15) is 19.1 Å². The Hall–Kier alpha value is -2.90. The van der Waals surface area contributed by atoms with Gasteiger partial charge in [-0.05, 0) is 45.0 Å². The van der Waals surface area contributed by atoms with Crippen LogP contribution < -0.4 is 4.74 Å². The van der Waals surface area contributed by atoms with E-state index in [0.717, 1.165) is 0 Å². The van der Waals surface area contributed by atoms with E-state index in [1.807, 2.05) is 13.8 Å². The van der Waals surface area contributed by atoms with Gasteiger partial charge in [-0.2, -0.15) is 0 Å². The van der Waals surface area contributed by atoms with Crippen LogP contribution in [0.1, 0.15) is 37.9 Å². The Balaban J connectivity index is 2.13. The molecule has 1 heterocycles. The molecule has 2 aromatic carbocycles. The highest BCUT2D eigenvalue weighted by molar-refractivity contribution is 6.46. The molecule has 2 aromatic rings. The maximum absolute atomic E-state index is 14.8. The Morgan fingerprint density at radius 1 is 1.22 bits per heavy atom. The lowest BCUT2D eigenvalue weighted by Crippen LogP contribution is -2.33. The Labute approximate surface area is 191 Å². The Kier molecular flexibility index (Phi) is 7.53. The normalized spacial score (nSPS) is 17.9. The molecule has 1 aliphatic rings. The number of benzene rings is 2. The number of likely N-dealkylation sites (tertiary alicyclic amines) is 1. The zero-order chi connectivity index (χ0) is 23.4. The molecule has 1 N–H and O–H groups in total.